The van der Waals surface area contributed by atoms with Crippen molar-refractivity contribution in [2.24, 2.45) is 0 Å². The summed E-state index contributed by atoms with van der Waals surface area (Å²) in [6.45, 7) is 6.64. The summed E-state index contributed by atoms with van der Waals surface area (Å²) in [6.07, 6.45) is -8.24. The molecule has 0 aliphatic carbocycles. The van der Waals surface area contributed by atoms with Gasteiger partial charge in [-0.05, 0) is 79.2 Å². The lowest BCUT2D eigenvalue weighted by molar-refractivity contribution is -0.140. The molecule has 4 aliphatic heterocycles. The number of halogens is 6. The summed E-state index contributed by atoms with van der Waals surface area (Å²) in [5.74, 6) is 0.735. The zero-order valence-electron chi connectivity index (χ0n) is 38.0. The lowest BCUT2D eigenvalue weighted by atomic mass is 9.96. The maximum atomic E-state index is 13.2. The van der Waals surface area contributed by atoms with Crippen LogP contribution in [-0.4, -0.2) is 103 Å². The van der Waals surface area contributed by atoms with E-state index < -0.39 is 41.3 Å². The molecule has 71 heavy (non-hydrogen) atoms. The number of morpholine rings is 2. The predicted molar refractivity (Wildman–Crippen MR) is 250 cm³/mol. The minimum atomic E-state index is -4.46. The van der Waals surface area contributed by atoms with Crippen molar-refractivity contribution in [1.82, 2.24) is 19.9 Å². The second-order valence-corrected chi connectivity index (χ2v) is 16.5. The quantitative estimate of drug-likeness (QED) is 0.129. The first-order valence-corrected chi connectivity index (χ1v) is 22.6. The van der Waals surface area contributed by atoms with Gasteiger partial charge in [0.05, 0.1) is 79.5 Å². The largest absolute Gasteiger partial charge is 0.492 e. The zero-order chi connectivity index (χ0) is 50.1. The minimum Gasteiger partial charge on any atom is -0.492 e. The molecule has 15 nitrogen and oxygen atoms in total. The normalized spacial score (nSPS) is 17.6. The third-order valence-corrected chi connectivity index (χ3v) is 11.8. The molecule has 1 amide bonds. The molecule has 8 heterocycles. The summed E-state index contributed by atoms with van der Waals surface area (Å²) < 4.78 is 99.6. The fourth-order valence-electron chi connectivity index (χ4n) is 8.12. The molecule has 6 aromatic rings. The van der Waals surface area contributed by atoms with Gasteiger partial charge < -0.3 is 44.9 Å². The summed E-state index contributed by atoms with van der Waals surface area (Å²) in [7, 11) is 0. The molecule has 0 bridgehead atoms. The maximum Gasteiger partial charge on any atom is 0.416 e. The van der Waals surface area contributed by atoms with E-state index in [1.807, 2.05) is 24.3 Å². The zero-order valence-corrected chi connectivity index (χ0v) is 38.0. The number of benzene rings is 2. The minimum absolute atomic E-state index is 0.249. The summed E-state index contributed by atoms with van der Waals surface area (Å²) in [5, 5.41) is 12.1. The van der Waals surface area contributed by atoms with Gasteiger partial charge in [-0.25, -0.2) is 19.9 Å². The number of amides is 1. The maximum absolute atomic E-state index is 13.2. The van der Waals surface area contributed by atoms with Crippen molar-refractivity contribution >= 4 is 35.1 Å². The Labute approximate surface area is 403 Å². The van der Waals surface area contributed by atoms with Crippen LogP contribution in [0.5, 0.6) is 11.5 Å². The fourth-order valence-corrected chi connectivity index (χ4v) is 8.12. The number of fused-ring (bicyclic) bond motifs is 2. The Morgan fingerprint density at radius 3 is 1.54 bits per heavy atom. The summed E-state index contributed by atoms with van der Waals surface area (Å²) in [5.41, 5.74) is 5.92. The van der Waals surface area contributed by atoms with Gasteiger partial charge in [0, 0.05) is 43.7 Å². The molecule has 2 aromatic carbocycles. The van der Waals surface area contributed by atoms with Gasteiger partial charge in [0.15, 0.2) is 0 Å². The van der Waals surface area contributed by atoms with Gasteiger partial charge in [0.1, 0.15) is 40.7 Å². The van der Waals surface area contributed by atoms with Crippen LogP contribution in [0.15, 0.2) is 109 Å². The number of aliphatic carboxylic acids is 1. The number of carbonyl (C=O) groups excluding carboxylic acids is 1. The van der Waals surface area contributed by atoms with Crippen LogP contribution in [0.3, 0.4) is 0 Å². The van der Waals surface area contributed by atoms with Gasteiger partial charge in [0.25, 0.3) is 0 Å². The molecule has 0 spiro atoms. The van der Waals surface area contributed by atoms with Crippen LogP contribution in [0.1, 0.15) is 47.2 Å². The number of pyridine rings is 4. The fraction of sp³-hybridized carbons (Fsp3) is 0.320. The highest BCUT2D eigenvalue weighted by Crippen LogP contribution is 2.38. The Kier molecular flexibility index (Phi) is 15.5. The number of ether oxygens (including phenoxy) is 4. The van der Waals surface area contributed by atoms with Crippen molar-refractivity contribution in [2.45, 2.75) is 37.0 Å². The molecule has 10 rings (SSSR count). The van der Waals surface area contributed by atoms with E-state index in [9.17, 15) is 41.0 Å². The molecule has 0 saturated carbocycles. The van der Waals surface area contributed by atoms with Crippen LogP contribution in [0.4, 0.5) is 49.6 Å². The number of hydrogen-bond acceptors (Lipinski definition) is 13. The molecule has 4 N–H and O–H groups in total. The van der Waals surface area contributed by atoms with Crippen molar-refractivity contribution in [3.63, 3.8) is 0 Å². The Morgan fingerprint density at radius 1 is 0.577 bits per heavy atom. The van der Waals surface area contributed by atoms with Crippen molar-refractivity contribution in [2.75, 3.05) is 86.7 Å². The van der Waals surface area contributed by atoms with E-state index in [0.29, 0.717) is 66.3 Å². The van der Waals surface area contributed by atoms with Crippen LogP contribution >= 0.6 is 0 Å². The number of nitrogens with one attached hydrogen (secondary N) is 1. The Bertz CT molecular complexity index is 2820. The Hall–Kier alpha value is -7.52. The van der Waals surface area contributed by atoms with E-state index >= 15 is 0 Å². The second-order valence-electron chi connectivity index (χ2n) is 16.5. The smallest absolute Gasteiger partial charge is 0.416 e. The van der Waals surface area contributed by atoms with Crippen molar-refractivity contribution in [1.29, 1.82) is 0 Å². The number of nitrogen functional groups attached to an aromatic ring is 1. The molecule has 4 aliphatic rings. The Morgan fingerprint density at radius 2 is 1.04 bits per heavy atom. The highest BCUT2D eigenvalue weighted by atomic mass is 19.4. The van der Waals surface area contributed by atoms with E-state index in [2.05, 4.69) is 35.1 Å². The average molecular weight is 987 g/mol. The number of carboxylic acid groups (broad SMARTS) is 1. The first-order chi connectivity index (χ1) is 34.1. The number of alkyl halides is 6. The first kappa shape index (κ1) is 49.9. The molecule has 372 valence electrons. The standard InChI is InChI=1S/C25H23F3N4O3.C16H12F3NO3.C9H13N3O/c26-25(27,28)17-4-1-3-16(15-17)19-7-8-20-23(29-19)18(9-12-35-20)24(33)31-21-5-2-6-22(30-21)32-10-13-34-14-11-32;17-16(18,19)10-3-1-2-9(8-10)12-4-5-13-14(20-12)11(15(21)22)6-7-23-13;10-8-2-1-3-9(11-8)12-4-6-13-7-5-12/h1-8,15,18H,9-14H2,(H,30,31,33);1-5,8,11H,6-7H2,(H,21,22);1-3H,4-7H2,(H2,10,11). The number of anilines is 4. The van der Waals surface area contributed by atoms with Gasteiger partial charge in [-0.1, -0.05) is 36.4 Å². The monoisotopic (exact) mass is 986 g/mol. The average Bonchev–Trinajstić information content (AvgIpc) is 3.38. The third-order valence-electron chi connectivity index (χ3n) is 11.8. The molecule has 2 unspecified atom stereocenters. The van der Waals surface area contributed by atoms with Gasteiger partial charge >= 0.3 is 18.3 Å². The number of nitrogens with two attached hydrogens (primary N) is 1. The highest BCUT2D eigenvalue weighted by Gasteiger charge is 2.34. The lowest BCUT2D eigenvalue weighted by Gasteiger charge is -2.28. The van der Waals surface area contributed by atoms with Crippen LogP contribution in [0, 0.1) is 0 Å². The molecule has 2 saturated heterocycles. The van der Waals surface area contributed by atoms with Gasteiger partial charge in [-0.2, -0.15) is 26.3 Å². The number of carbonyl (C=O) groups is 2. The number of carboxylic acids is 1. The lowest BCUT2D eigenvalue weighted by Crippen LogP contribution is -2.36. The van der Waals surface area contributed by atoms with Gasteiger partial charge in [-0.15, -0.1) is 0 Å². The molecule has 2 atom stereocenters. The van der Waals surface area contributed by atoms with Crippen LogP contribution in [-0.2, 0) is 31.4 Å². The third kappa shape index (κ3) is 12.6. The molecular weight excluding hydrogens is 939 g/mol. The molecule has 4 aromatic heterocycles. The van der Waals surface area contributed by atoms with Crippen LogP contribution < -0.4 is 30.3 Å². The van der Waals surface area contributed by atoms with E-state index in [1.54, 1.807) is 36.4 Å². The predicted octanol–water partition coefficient (Wildman–Crippen LogP) is 8.72. The molecule has 21 heteroatoms. The van der Waals surface area contributed by atoms with Crippen molar-refractivity contribution in [3.8, 4) is 34.0 Å². The van der Waals surface area contributed by atoms with Crippen LogP contribution in [0.25, 0.3) is 22.5 Å². The topological polar surface area (TPSA) is 187 Å². The number of nitrogens with zero attached hydrogens (tertiary/aromatic N) is 6. The number of aromatic nitrogens is 4. The van der Waals surface area contributed by atoms with Gasteiger partial charge in [0.2, 0.25) is 5.91 Å². The van der Waals surface area contributed by atoms with Gasteiger partial charge in [-0.3, -0.25) is 9.59 Å². The summed E-state index contributed by atoms with van der Waals surface area (Å²) in [4.78, 5) is 46.4. The van der Waals surface area contributed by atoms with Crippen LogP contribution in [0.2, 0.25) is 0 Å². The number of rotatable bonds is 7. The van der Waals surface area contributed by atoms with E-state index in [4.69, 9.17) is 24.7 Å². The molecular formula is C50H48F6N8O7. The summed E-state index contributed by atoms with van der Waals surface area (Å²) >= 11 is 0. The molecule has 2 fully saturated rings. The second kappa shape index (κ2) is 22.1. The first-order valence-electron chi connectivity index (χ1n) is 22.6. The Balaban J connectivity index is 0.000000160. The highest BCUT2D eigenvalue weighted by molar-refractivity contribution is 5.95. The van der Waals surface area contributed by atoms with E-state index in [0.717, 1.165) is 75.3 Å². The van der Waals surface area contributed by atoms with E-state index in [1.165, 1.54) is 24.3 Å². The SMILES string of the molecule is Nc1cccc(N2CCOCC2)n1.O=C(Nc1cccc(N2CCOCC2)n1)C1CCOc2ccc(-c3cccc(C(F)(F)F)c3)nc21.O=C(O)C1CCOc2ccc(-c3cccc(C(F)(F)F)c3)nc21. The number of hydrogen-bond donors (Lipinski definition) is 3. The summed E-state index contributed by atoms with van der Waals surface area (Å²) in [6, 6.07) is 27.2. The van der Waals surface area contributed by atoms with Crippen molar-refractivity contribution in [3.05, 3.63) is 132 Å². The molecule has 0 radical (unpaired) electrons. The van der Waals surface area contributed by atoms with Crippen molar-refractivity contribution < 1.29 is 60.0 Å². The van der Waals surface area contributed by atoms with E-state index in [-0.39, 0.29) is 35.9 Å².